The van der Waals surface area contributed by atoms with E-state index in [-0.39, 0.29) is 12.6 Å². The van der Waals surface area contributed by atoms with Crippen molar-refractivity contribution in [2.24, 2.45) is 0 Å². The van der Waals surface area contributed by atoms with Gasteiger partial charge < -0.3 is 15.7 Å². The molecule has 1 unspecified atom stereocenters. The van der Waals surface area contributed by atoms with Crippen molar-refractivity contribution in [3.8, 4) is 0 Å². The molecule has 0 saturated carbocycles. The van der Waals surface area contributed by atoms with Crippen molar-refractivity contribution < 1.29 is 5.11 Å². The van der Waals surface area contributed by atoms with Crippen molar-refractivity contribution in [2.45, 2.75) is 25.0 Å². The lowest BCUT2D eigenvalue weighted by Gasteiger charge is -2.13. The molecule has 6 heteroatoms. The van der Waals surface area contributed by atoms with E-state index in [1.807, 2.05) is 26.2 Å². The Morgan fingerprint density at radius 1 is 1.44 bits per heavy atom. The van der Waals surface area contributed by atoms with E-state index in [2.05, 4.69) is 20.6 Å². The minimum Gasteiger partial charge on any atom is -0.394 e. The Morgan fingerprint density at radius 3 is 2.69 bits per heavy atom. The number of aliphatic hydroxyl groups is 1. The molecule has 0 amide bonds. The summed E-state index contributed by atoms with van der Waals surface area (Å²) in [7, 11) is 0. The molecule has 0 bridgehead atoms. The summed E-state index contributed by atoms with van der Waals surface area (Å²) in [6.07, 6.45) is 1.93. The Morgan fingerprint density at radius 2 is 2.12 bits per heavy atom. The third-order valence-corrected chi connectivity index (χ3v) is 2.46. The first-order chi connectivity index (χ1) is 7.69. The fourth-order valence-corrected chi connectivity index (χ4v) is 1.54. The van der Waals surface area contributed by atoms with Crippen LogP contribution in [0.3, 0.4) is 0 Å². The number of nitrogens with one attached hydrogen (secondary N) is 2. The Balaban J connectivity index is 2.85. The van der Waals surface area contributed by atoms with E-state index in [0.717, 1.165) is 18.2 Å². The smallest absolute Gasteiger partial charge is 0.191 e. The van der Waals surface area contributed by atoms with Gasteiger partial charge in [0.05, 0.1) is 6.61 Å². The monoisotopic (exact) mass is 242 g/mol. The summed E-state index contributed by atoms with van der Waals surface area (Å²) >= 11 is 1.49. The molecule has 1 aromatic rings. The van der Waals surface area contributed by atoms with Crippen molar-refractivity contribution in [1.29, 1.82) is 0 Å². The second kappa shape index (κ2) is 6.55. The van der Waals surface area contributed by atoms with Crippen LogP contribution in [0.5, 0.6) is 0 Å². The first kappa shape index (κ1) is 13.1. The van der Waals surface area contributed by atoms with Crippen molar-refractivity contribution in [3.63, 3.8) is 0 Å². The lowest BCUT2D eigenvalue weighted by molar-refractivity contribution is 0.281. The molecular weight excluding hydrogens is 224 g/mol. The first-order valence-corrected chi connectivity index (χ1v) is 6.46. The third kappa shape index (κ3) is 3.86. The van der Waals surface area contributed by atoms with Crippen LogP contribution in [0.4, 0.5) is 11.6 Å². The quantitative estimate of drug-likeness (QED) is 0.518. The van der Waals surface area contributed by atoms with E-state index in [1.165, 1.54) is 11.8 Å². The highest BCUT2D eigenvalue weighted by atomic mass is 32.2. The highest BCUT2D eigenvalue weighted by Gasteiger charge is 2.05. The van der Waals surface area contributed by atoms with Gasteiger partial charge in [0.15, 0.2) is 5.16 Å². The van der Waals surface area contributed by atoms with E-state index in [4.69, 9.17) is 5.11 Å². The molecule has 5 nitrogen and oxygen atoms in total. The third-order valence-electron chi connectivity index (χ3n) is 1.91. The van der Waals surface area contributed by atoms with Gasteiger partial charge in [-0.3, -0.25) is 0 Å². The molecule has 16 heavy (non-hydrogen) atoms. The van der Waals surface area contributed by atoms with Crippen LogP contribution >= 0.6 is 11.8 Å². The van der Waals surface area contributed by atoms with Crippen LogP contribution in [-0.4, -0.2) is 40.5 Å². The predicted octanol–water partition coefficient (Wildman–Crippen LogP) is 1.42. The molecular formula is C10H18N4OS. The second-order valence-corrected chi connectivity index (χ2v) is 4.16. The fourth-order valence-electron chi connectivity index (χ4n) is 1.16. The van der Waals surface area contributed by atoms with Crippen molar-refractivity contribution >= 4 is 23.4 Å². The summed E-state index contributed by atoms with van der Waals surface area (Å²) in [4.78, 5) is 8.62. The van der Waals surface area contributed by atoms with Gasteiger partial charge in [0, 0.05) is 18.7 Å². The van der Waals surface area contributed by atoms with Gasteiger partial charge in [0.2, 0.25) is 0 Å². The molecule has 0 radical (unpaired) electrons. The molecule has 90 valence electrons. The molecule has 0 fully saturated rings. The van der Waals surface area contributed by atoms with Crippen molar-refractivity contribution in [1.82, 2.24) is 9.97 Å². The number of hydrogen-bond donors (Lipinski definition) is 3. The van der Waals surface area contributed by atoms with Crippen LogP contribution in [-0.2, 0) is 0 Å². The molecule has 3 N–H and O–H groups in total. The maximum atomic E-state index is 8.97. The summed E-state index contributed by atoms with van der Waals surface area (Å²) in [6, 6.07) is 1.83. The maximum Gasteiger partial charge on any atom is 0.191 e. The topological polar surface area (TPSA) is 70.1 Å². The molecule has 0 aliphatic carbocycles. The Hall–Kier alpha value is -1.01. The van der Waals surface area contributed by atoms with Crippen LogP contribution in [0.1, 0.15) is 13.8 Å². The Kier molecular flexibility index (Phi) is 5.34. The number of aliphatic hydroxyl groups excluding tert-OH is 1. The number of hydrogen-bond acceptors (Lipinski definition) is 6. The highest BCUT2D eigenvalue weighted by Crippen LogP contribution is 2.17. The van der Waals surface area contributed by atoms with Gasteiger partial charge in [0.25, 0.3) is 0 Å². The number of thioether (sulfide) groups is 1. The molecule has 0 saturated heterocycles. The van der Waals surface area contributed by atoms with Gasteiger partial charge in [-0.1, -0.05) is 11.8 Å². The summed E-state index contributed by atoms with van der Waals surface area (Å²) in [5.41, 5.74) is 0. The van der Waals surface area contributed by atoms with Gasteiger partial charge in [-0.05, 0) is 20.1 Å². The predicted molar refractivity (Wildman–Crippen MR) is 68.1 cm³/mol. The molecule has 0 aromatic carbocycles. The molecule has 0 aliphatic rings. The van der Waals surface area contributed by atoms with Crippen LogP contribution in [0.15, 0.2) is 11.2 Å². The van der Waals surface area contributed by atoms with Gasteiger partial charge in [0.1, 0.15) is 11.6 Å². The zero-order valence-electron chi connectivity index (χ0n) is 9.82. The van der Waals surface area contributed by atoms with E-state index >= 15 is 0 Å². The Labute approximate surface area is 100 Å². The van der Waals surface area contributed by atoms with E-state index < -0.39 is 0 Å². The molecule has 1 aromatic heterocycles. The zero-order chi connectivity index (χ0) is 12.0. The second-order valence-electron chi connectivity index (χ2n) is 3.38. The van der Waals surface area contributed by atoms with Crippen LogP contribution in [0, 0.1) is 0 Å². The molecule has 0 spiro atoms. The molecule has 1 atom stereocenters. The highest BCUT2D eigenvalue weighted by molar-refractivity contribution is 7.98. The molecule has 0 aliphatic heterocycles. The minimum absolute atomic E-state index is 0.0147. The minimum atomic E-state index is -0.0147. The van der Waals surface area contributed by atoms with Crippen LogP contribution in [0.2, 0.25) is 0 Å². The summed E-state index contributed by atoms with van der Waals surface area (Å²) in [6.45, 7) is 4.81. The number of aromatic nitrogens is 2. The largest absolute Gasteiger partial charge is 0.394 e. The van der Waals surface area contributed by atoms with Gasteiger partial charge in [-0.25, -0.2) is 9.97 Å². The van der Waals surface area contributed by atoms with Gasteiger partial charge in [-0.2, -0.15) is 0 Å². The average Bonchev–Trinajstić information content (AvgIpc) is 2.29. The SMILES string of the molecule is CCNc1cc(NC(C)CO)nc(SC)n1. The summed E-state index contributed by atoms with van der Waals surface area (Å²) < 4.78 is 0. The van der Waals surface area contributed by atoms with Gasteiger partial charge in [-0.15, -0.1) is 0 Å². The lowest BCUT2D eigenvalue weighted by Crippen LogP contribution is -2.20. The van der Waals surface area contributed by atoms with Crippen LogP contribution in [0.25, 0.3) is 0 Å². The Bertz CT molecular complexity index is 335. The molecule has 1 heterocycles. The zero-order valence-corrected chi connectivity index (χ0v) is 10.6. The van der Waals surface area contributed by atoms with E-state index in [9.17, 15) is 0 Å². The summed E-state index contributed by atoms with van der Waals surface area (Å²) in [5.74, 6) is 1.53. The fraction of sp³-hybridized carbons (Fsp3) is 0.600. The maximum absolute atomic E-state index is 8.97. The normalized spacial score (nSPS) is 12.2. The van der Waals surface area contributed by atoms with E-state index in [1.54, 1.807) is 0 Å². The van der Waals surface area contributed by atoms with Crippen molar-refractivity contribution in [3.05, 3.63) is 6.07 Å². The molecule has 1 rings (SSSR count). The van der Waals surface area contributed by atoms with E-state index in [0.29, 0.717) is 5.16 Å². The number of anilines is 2. The standard InChI is InChI=1S/C10H18N4OS/c1-4-11-8-5-9(12-7(2)6-15)14-10(13-8)16-3/h5,7,15H,4,6H2,1-3H3,(H2,11,12,13,14). The number of rotatable bonds is 6. The first-order valence-electron chi connectivity index (χ1n) is 5.24. The number of nitrogens with zero attached hydrogens (tertiary/aromatic N) is 2. The van der Waals surface area contributed by atoms with Gasteiger partial charge >= 0.3 is 0 Å². The van der Waals surface area contributed by atoms with Crippen LogP contribution < -0.4 is 10.6 Å². The summed E-state index contributed by atoms with van der Waals surface area (Å²) in [5, 5.41) is 15.9. The lowest BCUT2D eigenvalue weighted by atomic mass is 10.3. The average molecular weight is 242 g/mol. The van der Waals surface area contributed by atoms with Crippen molar-refractivity contribution in [2.75, 3.05) is 30.0 Å².